The largest absolute Gasteiger partial charge is 0.489 e. The number of nitrogens with one attached hydrogen (secondary N) is 1. The Morgan fingerprint density at radius 1 is 1.33 bits per heavy atom. The number of hydrogen-bond acceptors (Lipinski definition) is 3. The molecule has 4 nitrogen and oxygen atoms in total. The van der Waals surface area contributed by atoms with Gasteiger partial charge in [-0.3, -0.25) is 4.79 Å². The highest BCUT2D eigenvalue weighted by Crippen LogP contribution is 2.24. The predicted octanol–water partition coefficient (Wildman–Crippen LogP) is 2.51. The van der Waals surface area contributed by atoms with Crippen molar-refractivity contribution in [1.29, 1.82) is 0 Å². The molecule has 0 atom stereocenters. The fourth-order valence-electron chi connectivity index (χ4n) is 2.03. The summed E-state index contributed by atoms with van der Waals surface area (Å²) in [5.41, 5.74) is 5.19. The average Bonchev–Trinajstić information content (AvgIpc) is 2.48. The topological polar surface area (TPSA) is 64.4 Å². The first-order valence-corrected chi connectivity index (χ1v) is 6.95. The number of para-hydroxylation sites is 1. The number of carbonyl (C=O) groups is 1. The van der Waals surface area contributed by atoms with Crippen LogP contribution in [0.15, 0.2) is 24.3 Å². The van der Waals surface area contributed by atoms with Gasteiger partial charge in [0.2, 0.25) is 5.91 Å². The second kappa shape index (κ2) is 9.58. The monoisotopic (exact) mass is 318 g/mol. The molecule has 0 aliphatic heterocycles. The van der Waals surface area contributed by atoms with Gasteiger partial charge >= 0.3 is 0 Å². The fraction of sp³-hybridized carbons (Fsp3) is 0.533. The van der Waals surface area contributed by atoms with E-state index in [1.54, 1.807) is 18.2 Å². The maximum absolute atomic E-state index is 13.3. The Hall–Kier alpha value is -1.33. The summed E-state index contributed by atoms with van der Waals surface area (Å²) in [6.45, 7) is 4.77. The molecule has 0 spiro atoms. The third kappa shape index (κ3) is 5.17. The van der Waals surface area contributed by atoms with Crippen LogP contribution in [0.25, 0.3) is 0 Å². The quantitative estimate of drug-likeness (QED) is 0.724. The number of ether oxygens (including phenoxy) is 1. The molecule has 1 rings (SSSR count). The number of nitrogens with two attached hydrogens (primary N) is 1. The van der Waals surface area contributed by atoms with Crippen molar-refractivity contribution in [3.8, 4) is 5.75 Å². The van der Waals surface area contributed by atoms with Crippen molar-refractivity contribution in [1.82, 2.24) is 5.32 Å². The molecule has 1 amide bonds. The van der Waals surface area contributed by atoms with Gasteiger partial charge in [-0.2, -0.15) is 0 Å². The third-order valence-corrected chi connectivity index (χ3v) is 3.71. The molecule has 0 aromatic heterocycles. The van der Waals surface area contributed by atoms with Gasteiger partial charge in [-0.05, 0) is 25.0 Å². The second-order valence-corrected chi connectivity index (χ2v) is 4.73. The lowest BCUT2D eigenvalue weighted by atomic mass is 9.81. The molecule has 3 N–H and O–H groups in total. The van der Waals surface area contributed by atoms with E-state index < -0.39 is 11.2 Å². The molecule has 1 aromatic rings. The van der Waals surface area contributed by atoms with Gasteiger partial charge in [-0.15, -0.1) is 12.4 Å². The van der Waals surface area contributed by atoms with Gasteiger partial charge in [0, 0.05) is 6.54 Å². The van der Waals surface area contributed by atoms with Gasteiger partial charge in [0.15, 0.2) is 11.6 Å². The number of rotatable bonds is 8. The molecule has 0 fully saturated rings. The van der Waals surface area contributed by atoms with Crippen molar-refractivity contribution in [3.05, 3.63) is 30.1 Å². The average molecular weight is 319 g/mol. The maximum atomic E-state index is 13.3. The maximum Gasteiger partial charge on any atom is 0.227 e. The molecule has 0 unspecified atom stereocenters. The zero-order chi connectivity index (χ0) is 15.0. The number of carbonyl (C=O) groups excluding carboxylic acids is 1. The molecule has 0 radical (unpaired) electrons. The van der Waals surface area contributed by atoms with Crippen LogP contribution in [0.3, 0.4) is 0 Å². The molecule has 0 heterocycles. The number of halogens is 2. The minimum Gasteiger partial charge on any atom is -0.489 e. The molecule has 21 heavy (non-hydrogen) atoms. The second-order valence-electron chi connectivity index (χ2n) is 4.73. The van der Waals surface area contributed by atoms with Crippen LogP contribution in [0, 0.1) is 11.2 Å². The summed E-state index contributed by atoms with van der Waals surface area (Å²) in [6, 6.07) is 6.19. The Morgan fingerprint density at radius 3 is 2.48 bits per heavy atom. The van der Waals surface area contributed by atoms with Crippen molar-refractivity contribution in [2.45, 2.75) is 26.7 Å². The Balaban J connectivity index is 0.00000400. The van der Waals surface area contributed by atoms with Gasteiger partial charge in [-0.25, -0.2) is 4.39 Å². The smallest absolute Gasteiger partial charge is 0.227 e. The Bertz CT molecular complexity index is 431. The van der Waals surface area contributed by atoms with Gasteiger partial charge in [0.25, 0.3) is 0 Å². The summed E-state index contributed by atoms with van der Waals surface area (Å²) in [5.74, 6) is -0.280. The van der Waals surface area contributed by atoms with E-state index in [0.29, 0.717) is 25.9 Å². The summed E-state index contributed by atoms with van der Waals surface area (Å²) >= 11 is 0. The fourth-order valence-corrected chi connectivity index (χ4v) is 2.03. The van der Waals surface area contributed by atoms with Crippen LogP contribution in [0.2, 0.25) is 0 Å². The third-order valence-electron chi connectivity index (χ3n) is 3.71. The number of hydrogen-bond donors (Lipinski definition) is 2. The first kappa shape index (κ1) is 19.7. The zero-order valence-corrected chi connectivity index (χ0v) is 13.3. The molecule has 0 saturated carbocycles. The minimum absolute atomic E-state index is 0. The van der Waals surface area contributed by atoms with E-state index in [0.717, 1.165) is 0 Å². The van der Waals surface area contributed by atoms with Crippen molar-refractivity contribution < 1.29 is 13.9 Å². The lowest BCUT2D eigenvalue weighted by molar-refractivity contribution is -0.131. The summed E-state index contributed by atoms with van der Waals surface area (Å²) < 4.78 is 18.6. The highest BCUT2D eigenvalue weighted by molar-refractivity contribution is 5.85. The summed E-state index contributed by atoms with van der Waals surface area (Å²) in [5, 5.41) is 2.80. The number of amides is 1. The van der Waals surface area contributed by atoms with E-state index in [4.69, 9.17) is 10.5 Å². The predicted molar refractivity (Wildman–Crippen MR) is 84.2 cm³/mol. The van der Waals surface area contributed by atoms with Gasteiger partial charge < -0.3 is 15.8 Å². The van der Waals surface area contributed by atoms with Crippen LogP contribution in [-0.4, -0.2) is 25.6 Å². The summed E-state index contributed by atoms with van der Waals surface area (Å²) in [6.07, 6.45) is 1.39. The van der Waals surface area contributed by atoms with E-state index >= 15 is 0 Å². The van der Waals surface area contributed by atoms with Crippen LogP contribution in [0.1, 0.15) is 26.7 Å². The van der Waals surface area contributed by atoms with Crippen LogP contribution in [0.4, 0.5) is 4.39 Å². The lowest BCUT2D eigenvalue weighted by Crippen LogP contribution is -2.46. The minimum atomic E-state index is -0.516. The Kier molecular flexibility index (Phi) is 8.97. The Labute approximate surface area is 131 Å². The Morgan fingerprint density at radius 2 is 1.95 bits per heavy atom. The van der Waals surface area contributed by atoms with Crippen molar-refractivity contribution in [2.75, 3.05) is 19.7 Å². The van der Waals surface area contributed by atoms with Crippen LogP contribution < -0.4 is 15.8 Å². The van der Waals surface area contributed by atoms with Gasteiger partial charge in [0.1, 0.15) is 6.61 Å². The van der Waals surface area contributed by atoms with E-state index in [9.17, 15) is 9.18 Å². The van der Waals surface area contributed by atoms with Gasteiger partial charge in [-0.1, -0.05) is 26.0 Å². The van der Waals surface area contributed by atoms with E-state index in [1.165, 1.54) is 6.07 Å². The number of benzene rings is 1. The van der Waals surface area contributed by atoms with E-state index in [1.807, 2.05) is 13.8 Å². The van der Waals surface area contributed by atoms with Crippen LogP contribution >= 0.6 is 12.4 Å². The molecule has 0 bridgehead atoms. The summed E-state index contributed by atoms with van der Waals surface area (Å²) in [7, 11) is 0. The highest BCUT2D eigenvalue weighted by atomic mass is 35.5. The molecule has 0 aliphatic carbocycles. The van der Waals surface area contributed by atoms with Crippen molar-refractivity contribution in [3.63, 3.8) is 0 Å². The van der Waals surface area contributed by atoms with Crippen LogP contribution in [-0.2, 0) is 4.79 Å². The molecular weight excluding hydrogens is 295 g/mol. The summed E-state index contributed by atoms with van der Waals surface area (Å²) in [4.78, 5) is 12.1. The molecule has 1 aromatic carbocycles. The lowest BCUT2D eigenvalue weighted by Gasteiger charge is -2.28. The van der Waals surface area contributed by atoms with Crippen molar-refractivity contribution in [2.24, 2.45) is 11.1 Å². The molecule has 0 saturated heterocycles. The van der Waals surface area contributed by atoms with E-state index in [2.05, 4.69) is 5.32 Å². The van der Waals surface area contributed by atoms with E-state index in [-0.39, 0.29) is 30.7 Å². The first-order valence-electron chi connectivity index (χ1n) is 6.95. The molecule has 6 heteroatoms. The normalized spacial score (nSPS) is 10.7. The van der Waals surface area contributed by atoms with Crippen molar-refractivity contribution >= 4 is 18.3 Å². The molecule has 120 valence electrons. The van der Waals surface area contributed by atoms with Crippen LogP contribution in [0.5, 0.6) is 5.75 Å². The first-order chi connectivity index (χ1) is 9.59. The highest BCUT2D eigenvalue weighted by Gasteiger charge is 2.32. The van der Waals surface area contributed by atoms with Gasteiger partial charge in [0.05, 0.1) is 12.0 Å². The molecular formula is C15H24ClFN2O2. The SMILES string of the molecule is CCC(CC)(CN)C(=O)NCCOc1ccccc1F.Cl. The standard InChI is InChI=1S/C15H23FN2O2.ClH/c1-3-15(4-2,11-17)14(19)18-9-10-20-13-8-6-5-7-12(13)16;/h5-8H,3-4,9-11,17H2,1-2H3,(H,18,19);1H. The zero-order valence-electron chi connectivity index (χ0n) is 12.5. The molecule has 0 aliphatic rings.